The topological polar surface area (TPSA) is 84.5 Å². The molecule has 0 radical (unpaired) electrons. The molecule has 2 rings (SSSR count). The maximum atomic E-state index is 12.8. The highest BCUT2D eigenvalue weighted by molar-refractivity contribution is 7.89. The molecule has 0 spiro atoms. The van der Waals surface area contributed by atoms with Crippen molar-refractivity contribution in [3.05, 3.63) is 65.5 Å². The first-order valence-electron chi connectivity index (χ1n) is 8.04. The van der Waals surface area contributed by atoms with Crippen LogP contribution in [0.5, 0.6) is 5.75 Å². The van der Waals surface area contributed by atoms with Crippen LogP contribution in [0.2, 0.25) is 0 Å². The Kier molecular flexibility index (Phi) is 7.11. The number of carbonyl (C=O) groups excluding carboxylic acids is 1. The molecule has 8 heteroatoms. The van der Waals surface area contributed by atoms with Gasteiger partial charge in [0.1, 0.15) is 11.6 Å². The lowest BCUT2D eigenvalue weighted by Crippen LogP contribution is -2.35. The zero-order valence-electron chi connectivity index (χ0n) is 14.4. The van der Waals surface area contributed by atoms with E-state index in [1.165, 1.54) is 24.3 Å². The van der Waals surface area contributed by atoms with E-state index in [-0.39, 0.29) is 24.4 Å². The van der Waals surface area contributed by atoms with E-state index in [9.17, 15) is 17.6 Å². The van der Waals surface area contributed by atoms with Crippen LogP contribution in [-0.2, 0) is 16.4 Å². The summed E-state index contributed by atoms with van der Waals surface area (Å²) in [5, 5.41) is 2.50. The Bertz CT molecular complexity index is 839. The van der Waals surface area contributed by atoms with E-state index in [4.69, 9.17) is 4.74 Å². The Balaban J connectivity index is 1.74. The molecule has 0 unspecified atom stereocenters. The van der Waals surface area contributed by atoms with E-state index in [0.29, 0.717) is 12.2 Å². The molecule has 0 atom stereocenters. The molecule has 2 aromatic rings. The van der Waals surface area contributed by atoms with Crippen molar-refractivity contribution in [3.63, 3.8) is 0 Å². The van der Waals surface area contributed by atoms with Gasteiger partial charge in [0.05, 0.1) is 12.9 Å². The summed E-state index contributed by atoms with van der Waals surface area (Å²) in [5.74, 6) is -0.410. The lowest BCUT2D eigenvalue weighted by Gasteiger charge is -2.09. The van der Waals surface area contributed by atoms with Gasteiger partial charge in [-0.3, -0.25) is 4.79 Å². The average Bonchev–Trinajstić information content (AvgIpc) is 2.62. The third kappa shape index (κ3) is 6.45. The van der Waals surface area contributed by atoms with Crippen LogP contribution in [-0.4, -0.2) is 40.3 Å². The maximum Gasteiger partial charge on any atom is 0.251 e. The summed E-state index contributed by atoms with van der Waals surface area (Å²) >= 11 is 0. The molecule has 0 aliphatic rings. The standard InChI is InChI=1S/C18H21FN2O4S/c1-25-17-4-2-3-14(13-17)9-10-21-26(23,24)12-11-20-18(22)15-5-7-16(19)8-6-15/h2-8,13,21H,9-12H2,1H3,(H,20,22). The molecular weight excluding hydrogens is 359 g/mol. The van der Waals surface area contributed by atoms with Gasteiger partial charge in [0, 0.05) is 18.7 Å². The average molecular weight is 380 g/mol. The van der Waals surface area contributed by atoms with E-state index in [1.807, 2.05) is 24.3 Å². The fourth-order valence-electron chi connectivity index (χ4n) is 2.25. The van der Waals surface area contributed by atoms with Crippen LogP contribution in [0.25, 0.3) is 0 Å². The number of sulfonamides is 1. The molecule has 2 aromatic carbocycles. The van der Waals surface area contributed by atoms with Crippen molar-refractivity contribution in [2.75, 3.05) is 26.0 Å². The third-order valence-corrected chi connectivity index (χ3v) is 5.02. The SMILES string of the molecule is COc1cccc(CCNS(=O)(=O)CCNC(=O)c2ccc(F)cc2)c1. The molecule has 2 N–H and O–H groups in total. The van der Waals surface area contributed by atoms with E-state index in [1.54, 1.807) is 7.11 Å². The summed E-state index contributed by atoms with van der Waals surface area (Å²) in [6.07, 6.45) is 0.526. The van der Waals surface area contributed by atoms with Crippen molar-refractivity contribution >= 4 is 15.9 Å². The van der Waals surface area contributed by atoms with Crippen molar-refractivity contribution < 1.29 is 22.3 Å². The second-order valence-corrected chi connectivity index (χ2v) is 7.50. The highest BCUT2D eigenvalue weighted by Gasteiger charge is 2.11. The van der Waals surface area contributed by atoms with Crippen LogP contribution >= 0.6 is 0 Å². The van der Waals surface area contributed by atoms with Gasteiger partial charge in [-0.1, -0.05) is 12.1 Å². The molecule has 140 valence electrons. The fraction of sp³-hybridized carbons (Fsp3) is 0.278. The lowest BCUT2D eigenvalue weighted by atomic mass is 10.1. The maximum absolute atomic E-state index is 12.8. The van der Waals surface area contributed by atoms with Crippen LogP contribution < -0.4 is 14.8 Å². The highest BCUT2D eigenvalue weighted by atomic mass is 32.2. The van der Waals surface area contributed by atoms with Crippen LogP contribution in [0.4, 0.5) is 4.39 Å². The smallest absolute Gasteiger partial charge is 0.251 e. The third-order valence-electron chi connectivity index (χ3n) is 3.63. The predicted octanol–water partition coefficient (Wildman–Crippen LogP) is 1.73. The highest BCUT2D eigenvalue weighted by Crippen LogP contribution is 2.12. The van der Waals surface area contributed by atoms with Crippen molar-refractivity contribution in [2.45, 2.75) is 6.42 Å². The van der Waals surface area contributed by atoms with Gasteiger partial charge in [0.25, 0.3) is 5.91 Å². The summed E-state index contributed by atoms with van der Waals surface area (Å²) in [6.45, 7) is 0.214. The second-order valence-electron chi connectivity index (χ2n) is 5.58. The van der Waals surface area contributed by atoms with Gasteiger partial charge in [-0.15, -0.1) is 0 Å². The monoisotopic (exact) mass is 380 g/mol. The molecule has 0 saturated carbocycles. The Labute approximate surface area is 152 Å². The van der Waals surface area contributed by atoms with Gasteiger partial charge in [-0.05, 0) is 48.4 Å². The Morgan fingerprint density at radius 3 is 2.54 bits per heavy atom. The van der Waals surface area contributed by atoms with Gasteiger partial charge in [-0.25, -0.2) is 17.5 Å². The summed E-state index contributed by atoms with van der Waals surface area (Å²) in [4.78, 5) is 11.8. The molecule has 0 aliphatic heterocycles. The number of nitrogens with one attached hydrogen (secondary N) is 2. The first-order chi connectivity index (χ1) is 12.4. The van der Waals surface area contributed by atoms with Crippen LogP contribution in [0.15, 0.2) is 48.5 Å². The molecule has 1 amide bonds. The number of hydrogen-bond donors (Lipinski definition) is 2. The molecule has 0 heterocycles. The quantitative estimate of drug-likeness (QED) is 0.694. The molecule has 6 nitrogen and oxygen atoms in total. The minimum Gasteiger partial charge on any atom is -0.497 e. The Hall–Kier alpha value is -2.45. The predicted molar refractivity (Wildman–Crippen MR) is 97.2 cm³/mol. The number of halogens is 1. The normalized spacial score (nSPS) is 11.2. The zero-order chi connectivity index (χ0) is 19.0. The summed E-state index contributed by atoms with van der Waals surface area (Å²) in [5.41, 5.74) is 1.23. The van der Waals surface area contributed by atoms with Crippen molar-refractivity contribution in [3.8, 4) is 5.75 Å². The fourth-order valence-corrected chi connectivity index (χ4v) is 3.18. The van der Waals surface area contributed by atoms with E-state index >= 15 is 0 Å². The number of methoxy groups -OCH3 is 1. The summed E-state index contributed by atoms with van der Waals surface area (Å²) in [7, 11) is -1.94. The largest absolute Gasteiger partial charge is 0.497 e. The second kappa shape index (κ2) is 9.30. The van der Waals surface area contributed by atoms with Crippen LogP contribution in [0.3, 0.4) is 0 Å². The molecular formula is C18H21FN2O4S. The first kappa shape index (κ1) is 19.9. The lowest BCUT2D eigenvalue weighted by molar-refractivity contribution is 0.0956. The molecule has 0 aromatic heterocycles. The number of amides is 1. The summed E-state index contributed by atoms with van der Waals surface area (Å²) in [6, 6.07) is 12.4. The van der Waals surface area contributed by atoms with Gasteiger partial charge in [0.15, 0.2) is 0 Å². The van der Waals surface area contributed by atoms with Crippen LogP contribution in [0.1, 0.15) is 15.9 Å². The molecule has 0 fully saturated rings. The minimum atomic E-state index is -3.51. The number of ether oxygens (including phenoxy) is 1. The first-order valence-corrected chi connectivity index (χ1v) is 9.69. The Morgan fingerprint density at radius 2 is 1.85 bits per heavy atom. The van der Waals surface area contributed by atoms with Gasteiger partial charge < -0.3 is 10.1 Å². The molecule has 0 bridgehead atoms. The van der Waals surface area contributed by atoms with Crippen molar-refractivity contribution in [2.24, 2.45) is 0 Å². The van der Waals surface area contributed by atoms with E-state index in [0.717, 1.165) is 5.56 Å². The van der Waals surface area contributed by atoms with Gasteiger partial charge >= 0.3 is 0 Å². The number of hydrogen-bond acceptors (Lipinski definition) is 4. The Morgan fingerprint density at radius 1 is 1.12 bits per heavy atom. The van der Waals surface area contributed by atoms with Crippen LogP contribution in [0, 0.1) is 5.82 Å². The molecule has 0 saturated heterocycles. The summed E-state index contributed by atoms with van der Waals surface area (Å²) < 4.78 is 44.4. The number of benzene rings is 2. The molecule has 26 heavy (non-hydrogen) atoms. The van der Waals surface area contributed by atoms with E-state index < -0.39 is 21.7 Å². The van der Waals surface area contributed by atoms with Gasteiger partial charge in [-0.2, -0.15) is 0 Å². The van der Waals surface area contributed by atoms with Crippen molar-refractivity contribution in [1.82, 2.24) is 10.0 Å². The van der Waals surface area contributed by atoms with Crippen molar-refractivity contribution in [1.29, 1.82) is 0 Å². The number of carbonyl (C=O) groups is 1. The molecule has 0 aliphatic carbocycles. The number of rotatable bonds is 9. The van der Waals surface area contributed by atoms with E-state index in [2.05, 4.69) is 10.0 Å². The minimum absolute atomic E-state index is 0.0370. The zero-order valence-corrected chi connectivity index (χ0v) is 15.2. The van der Waals surface area contributed by atoms with Gasteiger partial charge in [0.2, 0.25) is 10.0 Å².